The summed E-state index contributed by atoms with van der Waals surface area (Å²) < 4.78 is 15.8. The second kappa shape index (κ2) is 8.32. The molecule has 0 aliphatic carbocycles. The van der Waals surface area contributed by atoms with Gasteiger partial charge in [0.1, 0.15) is 11.8 Å². The second-order valence-electron chi connectivity index (χ2n) is 6.90. The van der Waals surface area contributed by atoms with Gasteiger partial charge in [-0.15, -0.1) is 0 Å². The Morgan fingerprint density at radius 3 is 2.83 bits per heavy atom. The lowest BCUT2D eigenvalue weighted by Crippen LogP contribution is -2.31. The molecule has 0 spiro atoms. The van der Waals surface area contributed by atoms with E-state index >= 15 is 0 Å². The van der Waals surface area contributed by atoms with E-state index in [2.05, 4.69) is 10.6 Å². The number of anilines is 1. The molecule has 2 N–H and O–H groups in total. The van der Waals surface area contributed by atoms with Gasteiger partial charge in [-0.3, -0.25) is 14.5 Å². The Morgan fingerprint density at radius 2 is 2.00 bits per heavy atom. The first-order valence-corrected chi connectivity index (χ1v) is 9.48. The van der Waals surface area contributed by atoms with Gasteiger partial charge in [-0.2, -0.15) is 0 Å². The molecular weight excluding hydrogens is 390 g/mol. The highest BCUT2D eigenvalue weighted by Crippen LogP contribution is 2.33. The fraction of sp³-hybridized carbons (Fsp3) is 0.286. The van der Waals surface area contributed by atoms with E-state index in [1.54, 1.807) is 42.5 Å². The van der Waals surface area contributed by atoms with Gasteiger partial charge in [0.25, 0.3) is 5.91 Å². The van der Waals surface area contributed by atoms with Crippen molar-refractivity contribution in [1.29, 1.82) is 0 Å². The lowest BCUT2D eigenvalue weighted by atomic mass is 10.1. The van der Waals surface area contributed by atoms with E-state index in [1.807, 2.05) is 0 Å². The number of methoxy groups -OCH3 is 1. The molecule has 1 fully saturated rings. The zero-order valence-corrected chi connectivity index (χ0v) is 16.3. The van der Waals surface area contributed by atoms with Crippen LogP contribution < -0.4 is 24.8 Å². The fourth-order valence-electron chi connectivity index (χ4n) is 3.38. The molecule has 2 aromatic rings. The van der Waals surface area contributed by atoms with Crippen molar-refractivity contribution in [2.45, 2.75) is 25.4 Å². The first-order chi connectivity index (χ1) is 14.5. The summed E-state index contributed by atoms with van der Waals surface area (Å²) in [5.74, 6) is 1.14. The van der Waals surface area contributed by atoms with E-state index in [1.165, 1.54) is 7.11 Å². The Bertz CT molecular complexity index is 992. The second-order valence-corrected chi connectivity index (χ2v) is 6.90. The third-order valence-electron chi connectivity index (χ3n) is 4.93. The molecule has 0 saturated carbocycles. The number of carbonyl (C=O) groups is 3. The number of amides is 4. The van der Waals surface area contributed by atoms with Gasteiger partial charge >= 0.3 is 6.03 Å². The quantitative estimate of drug-likeness (QED) is 0.677. The molecule has 30 heavy (non-hydrogen) atoms. The fourth-order valence-corrected chi connectivity index (χ4v) is 3.38. The van der Waals surface area contributed by atoms with Crippen molar-refractivity contribution in [3.05, 3.63) is 48.0 Å². The number of carbonyl (C=O) groups excluding carboxylic acids is 3. The molecule has 0 radical (unpaired) electrons. The van der Waals surface area contributed by atoms with Crippen LogP contribution in [0.3, 0.4) is 0 Å². The number of nitrogens with one attached hydrogen (secondary N) is 2. The Balaban J connectivity index is 1.33. The van der Waals surface area contributed by atoms with Gasteiger partial charge in [-0.05, 0) is 36.2 Å². The first kappa shape index (κ1) is 19.6. The van der Waals surface area contributed by atoms with Crippen molar-refractivity contribution in [1.82, 2.24) is 10.2 Å². The van der Waals surface area contributed by atoms with Crippen LogP contribution in [-0.2, 0) is 16.1 Å². The molecule has 0 bridgehead atoms. The zero-order valence-electron chi connectivity index (χ0n) is 16.3. The van der Waals surface area contributed by atoms with Crippen LogP contribution in [0.25, 0.3) is 0 Å². The summed E-state index contributed by atoms with van der Waals surface area (Å²) in [6.07, 6.45) is 0.274. The van der Waals surface area contributed by atoms with Crippen LogP contribution in [0, 0.1) is 0 Å². The number of hydrogen-bond donors (Lipinski definition) is 2. The van der Waals surface area contributed by atoms with Crippen molar-refractivity contribution in [2.75, 3.05) is 19.2 Å². The number of ether oxygens (including phenoxy) is 3. The minimum atomic E-state index is -0.741. The Labute approximate surface area is 172 Å². The Hall–Kier alpha value is -3.75. The van der Waals surface area contributed by atoms with E-state index in [9.17, 15) is 14.4 Å². The number of para-hydroxylation sites is 2. The molecule has 1 atom stereocenters. The highest BCUT2D eigenvalue weighted by Gasteiger charge is 2.38. The normalized spacial score (nSPS) is 17.1. The third-order valence-corrected chi connectivity index (χ3v) is 4.93. The number of imide groups is 1. The SMILES string of the molecule is COc1ccccc1NC(=O)CCC1NC(=O)N(Cc2ccc3c(c2)OCO3)C1=O. The molecule has 4 rings (SSSR count). The molecule has 2 heterocycles. The maximum absolute atomic E-state index is 12.7. The van der Waals surface area contributed by atoms with Crippen molar-refractivity contribution in [2.24, 2.45) is 0 Å². The average molecular weight is 411 g/mol. The summed E-state index contributed by atoms with van der Waals surface area (Å²) >= 11 is 0. The number of urea groups is 1. The molecule has 0 aromatic heterocycles. The Morgan fingerprint density at radius 1 is 1.20 bits per heavy atom. The number of benzene rings is 2. The Kier molecular flexibility index (Phi) is 5.42. The average Bonchev–Trinajstić information content (AvgIpc) is 3.32. The largest absolute Gasteiger partial charge is 0.495 e. The minimum absolute atomic E-state index is 0.0760. The minimum Gasteiger partial charge on any atom is -0.495 e. The maximum Gasteiger partial charge on any atom is 0.325 e. The topological polar surface area (TPSA) is 106 Å². The summed E-state index contributed by atoms with van der Waals surface area (Å²) in [6.45, 7) is 0.270. The van der Waals surface area contributed by atoms with Crippen LogP contribution >= 0.6 is 0 Å². The standard InChI is InChI=1S/C21H21N3O6/c1-28-16-5-3-2-4-14(16)22-19(25)9-7-15-20(26)24(21(27)23-15)11-13-6-8-17-18(10-13)30-12-29-17/h2-6,8,10,15H,7,9,11-12H2,1H3,(H,22,25)(H,23,27). The number of nitrogens with zero attached hydrogens (tertiary/aromatic N) is 1. The monoisotopic (exact) mass is 411 g/mol. The van der Waals surface area contributed by atoms with Crippen LogP contribution in [0.5, 0.6) is 17.2 Å². The van der Waals surface area contributed by atoms with Crippen molar-refractivity contribution in [3.8, 4) is 17.2 Å². The van der Waals surface area contributed by atoms with Gasteiger partial charge in [0.05, 0.1) is 19.3 Å². The van der Waals surface area contributed by atoms with Gasteiger partial charge in [-0.25, -0.2) is 4.79 Å². The van der Waals surface area contributed by atoms with Gasteiger partial charge in [0.2, 0.25) is 12.7 Å². The lowest BCUT2D eigenvalue weighted by Gasteiger charge is -2.14. The van der Waals surface area contributed by atoms with E-state index in [4.69, 9.17) is 14.2 Å². The molecule has 1 saturated heterocycles. The molecule has 2 aliphatic rings. The molecule has 9 heteroatoms. The number of hydrogen-bond acceptors (Lipinski definition) is 6. The van der Waals surface area contributed by atoms with Crippen molar-refractivity contribution >= 4 is 23.5 Å². The van der Waals surface area contributed by atoms with Crippen LogP contribution in [0.4, 0.5) is 10.5 Å². The first-order valence-electron chi connectivity index (χ1n) is 9.48. The highest BCUT2D eigenvalue weighted by molar-refractivity contribution is 6.04. The van der Waals surface area contributed by atoms with Gasteiger partial charge in [-0.1, -0.05) is 18.2 Å². The summed E-state index contributed by atoms with van der Waals surface area (Å²) in [4.78, 5) is 38.3. The van der Waals surface area contributed by atoms with E-state index in [-0.39, 0.29) is 38.0 Å². The smallest absolute Gasteiger partial charge is 0.325 e. The van der Waals surface area contributed by atoms with Crippen molar-refractivity contribution < 1.29 is 28.6 Å². The van der Waals surface area contributed by atoms with E-state index in [0.717, 1.165) is 10.5 Å². The summed E-state index contributed by atoms with van der Waals surface area (Å²) in [6, 6.07) is 11.1. The van der Waals surface area contributed by atoms with Gasteiger partial charge < -0.3 is 24.8 Å². The molecule has 2 aromatic carbocycles. The number of fused-ring (bicyclic) bond motifs is 1. The maximum atomic E-state index is 12.7. The van der Waals surface area contributed by atoms with E-state index in [0.29, 0.717) is 22.9 Å². The molecule has 9 nitrogen and oxygen atoms in total. The molecule has 156 valence electrons. The highest BCUT2D eigenvalue weighted by atomic mass is 16.7. The predicted molar refractivity (Wildman–Crippen MR) is 106 cm³/mol. The molecule has 2 aliphatic heterocycles. The summed E-state index contributed by atoms with van der Waals surface area (Å²) in [5.41, 5.74) is 1.30. The van der Waals surface area contributed by atoms with E-state index < -0.39 is 12.1 Å². The predicted octanol–water partition coefficient (Wildman–Crippen LogP) is 2.26. The molecule has 4 amide bonds. The van der Waals surface area contributed by atoms with Gasteiger partial charge in [0.15, 0.2) is 11.5 Å². The number of rotatable bonds is 7. The molecule has 1 unspecified atom stereocenters. The van der Waals surface area contributed by atoms with Gasteiger partial charge in [0, 0.05) is 6.42 Å². The third kappa shape index (κ3) is 4.00. The molecular formula is C21H21N3O6. The summed E-state index contributed by atoms with van der Waals surface area (Å²) in [5, 5.41) is 5.40. The summed E-state index contributed by atoms with van der Waals surface area (Å²) in [7, 11) is 1.52. The zero-order chi connectivity index (χ0) is 21.1. The van der Waals surface area contributed by atoms with Crippen LogP contribution in [-0.4, -0.2) is 42.7 Å². The lowest BCUT2D eigenvalue weighted by molar-refractivity contribution is -0.128. The van der Waals surface area contributed by atoms with Crippen molar-refractivity contribution in [3.63, 3.8) is 0 Å². The van der Waals surface area contributed by atoms with Crippen LogP contribution in [0.2, 0.25) is 0 Å². The van der Waals surface area contributed by atoms with Crippen LogP contribution in [0.15, 0.2) is 42.5 Å². The van der Waals surface area contributed by atoms with Crippen LogP contribution in [0.1, 0.15) is 18.4 Å².